The Morgan fingerprint density at radius 3 is 2.43 bits per heavy atom. The van der Waals surface area contributed by atoms with Gasteiger partial charge in [-0.3, -0.25) is 0 Å². The summed E-state index contributed by atoms with van der Waals surface area (Å²) in [5.74, 6) is 0.605. The summed E-state index contributed by atoms with van der Waals surface area (Å²) in [6.45, 7) is 6.42. The van der Waals surface area contributed by atoms with Crippen LogP contribution in [0.2, 0.25) is 0 Å². The Morgan fingerprint density at radius 2 is 1.86 bits per heavy atom. The molecule has 1 unspecified atom stereocenters. The highest BCUT2D eigenvalue weighted by Gasteiger charge is 2.28. The molecule has 0 aromatic rings. The average Bonchev–Trinajstić information content (AvgIpc) is 2.44. The molecule has 1 heterocycles. The molecule has 1 aliphatic rings. The summed E-state index contributed by atoms with van der Waals surface area (Å²) in [5, 5.41) is 3.17. The number of nitrogens with zero attached hydrogens (tertiary/aromatic N) is 1. The number of hydrogen-bond donors (Lipinski definition) is 2. The van der Waals surface area contributed by atoms with Gasteiger partial charge < -0.3 is 5.32 Å². The van der Waals surface area contributed by atoms with Crippen molar-refractivity contribution in [2.75, 3.05) is 26.7 Å². The second kappa shape index (κ2) is 9.77. The zero-order valence-corrected chi connectivity index (χ0v) is 14.7. The highest BCUT2D eigenvalue weighted by molar-refractivity contribution is 7.87. The molecule has 1 atom stereocenters. The van der Waals surface area contributed by atoms with E-state index in [1.165, 1.54) is 19.3 Å². The molecule has 21 heavy (non-hydrogen) atoms. The minimum absolute atomic E-state index is 0.0295. The molecule has 0 bridgehead atoms. The molecular weight excluding hydrogens is 286 g/mol. The Bertz CT molecular complexity index is 365. The quantitative estimate of drug-likeness (QED) is 0.606. The van der Waals surface area contributed by atoms with Crippen molar-refractivity contribution in [2.24, 2.45) is 5.92 Å². The number of nitrogens with one attached hydrogen (secondary N) is 2. The Labute approximate surface area is 131 Å². The van der Waals surface area contributed by atoms with Gasteiger partial charge in [-0.05, 0) is 45.7 Å². The maximum Gasteiger partial charge on any atom is 0.279 e. The van der Waals surface area contributed by atoms with E-state index in [1.807, 2.05) is 14.0 Å². The fourth-order valence-corrected chi connectivity index (χ4v) is 4.37. The van der Waals surface area contributed by atoms with Gasteiger partial charge in [-0.25, -0.2) is 0 Å². The van der Waals surface area contributed by atoms with Crippen LogP contribution in [0.1, 0.15) is 58.8 Å². The smallest absolute Gasteiger partial charge is 0.279 e. The van der Waals surface area contributed by atoms with E-state index in [9.17, 15) is 8.42 Å². The molecule has 1 fully saturated rings. The van der Waals surface area contributed by atoms with E-state index in [0.717, 1.165) is 32.2 Å². The predicted molar refractivity (Wildman–Crippen MR) is 88.5 cm³/mol. The van der Waals surface area contributed by atoms with Crippen LogP contribution in [0.3, 0.4) is 0 Å². The summed E-state index contributed by atoms with van der Waals surface area (Å²) < 4.78 is 29.1. The van der Waals surface area contributed by atoms with Gasteiger partial charge in [0.25, 0.3) is 10.2 Å². The molecule has 0 spiro atoms. The summed E-state index contributed by atoms with van der Waals surface area (Å²) in [6.07, 6.45) is 7.56. The second-order valence-electron chi connectivity index (χ2n) is 6.27. The van der Waals surface area contributed by atoms with Crippen molar-refractivity contribution in [3.8, 4) is 0 Å². The zero-order chi connectivity index (χ0) is 15.7. The molecule has 1 rings (SSSR count). The highest BCUT2D eigenvalue weighted by Crippen LogP contribution is 2.18. The van der Waals surface area contributed by atoms with E-state index >= 15 is 0 Å². The Morgan fingerprint density at radius 1 is 1.19 bits per heavy atom. The molecule has 0 radical (unpaired) electrons. The van der Waals surface area contributed by atoms with Crippen molar-refractivity contribution in [2.45, 2.75) is 64.8 Å². The molecule has 0 saturated carbocycles. The molecule has 0 aliphatic carbocycles. The summed E-state index contributed by atoms with van der Waals surface area (Å²) in [6, 6.07) is 0.0295. The third kappa shape index (κ3) is 7.08. The summed E-state index contributed by atoms with van der Waals surface area (Å²) in [5.41, 5.74) is 0. The van der Waals surface area contributed by atoms with Gasteiger partial charge >= 0.3 is 0 Å². The molecule has 0 aromatic carbocycles. The van der Waals surface area contributed by atoms with E-state index in [0.29, 0.717) is 19.0 Å². The zero-order valence-electron chi connectivity index (χ0n) is 13.9. The molecule has 126 valence electrons. The van der Waals surface area contributed by atoms with Crippen molar-refractivity contribution in [1.29, 1.82) is 0 Å². The van der Waals surface area contributed by atoms with Crippen LogP contribution in [0.15, 0.2) is 0 Å². The van der Waals surface area contributed by atoms with E-state index < -0.39 is 10.2 Å². The highest BCUT2D eigenvalue weighted by atomic mass is 32.2. The molecule has 6 heteroatoms. The van der Waals surface area contributed by atoms with Crippen molar-refractivity contribution in [1.82, 2.24) is 14.3 Å². The van der Waals surface area contributed by atoms with Gasteiger partial charge in [0, 0.05) is 19.1 Å². The van der Waals surface area contributed by atoms with Crippen LogP contribution in [-0.4, -0.2) is 45.4 Å². The van der Waals surface area contributed by atoms with Gasteiger partial charge in [-0.15, -0.1) is 0 Å². The number of piperidine rings is 1. The largest absolute Gasteiger partial charge is 0.319 e. The van der Waals surface area contributed by atoms with Crippen molar-refractivity contribution in [3.63, 3.8) is 0 Å². The van der Waals surface area contributed by atoms with E-state index in [-0.39, 0.29) is 6.04 Å². The minimum atomic E-state index is -3.30. The number of hydrogen-bond acceptors (Lipinski definition) is 3. The Balaban J connectivity index is 2.33. The van der Waals surface area contributed by atoms with E-state index in [4.69, 9.17) is 0 Å². The van der Waals surface area contributed by atoms with Gasteiger partial charge in [0.1, 0.15) is 0 Å². The topological polar surface area (TPSA) is 61.4 Å². The molecule has 5 nitrogen and oxygen atoms in total. The van der Waals surface area contributed by atoms with Gasteiger partial charge in [0.15, 0.2) is 0 Å². The monoisotopic (exact) mass is 319 g/mol. The first-order chi connectivity index (χ1) is 9.99. The third-order valence-corrected chi connectivity index (χ3v) is 5.99. The van der Waals surface area contributed by atoms with E-state index in [1.54, 1.807) is 4.31 Å². The summed E-state index contributed by atoms with van der Waals surface area (Å²) >= 11 is 0. The van der Waals surface area contributed by atoms with E-state index in [2.05, 4.69) is 17.0 Å². The first-order valence-corrected chi connectivity index (χ1v) is 9.85. The second-order valence-corrected chi connectivity index (χ2v) is 7.98. The molecular formula is C15H33N3O2S. The summed E-state index contributed by atoms with van der Waals surface area (Å²) in [7, 11) is -1.35. The number of unbranched alkanes of at least 4 members (excludes halogenated alkanes) is 3. The lowest BCUT2D eigenvalue weighted by Gasteiger charge is -2.32. The SMILES string of the molecule is CCCCCCC(C)NS(=O)(=O)N1CCC(CNC)CC1. The van der Waals surface area contributed by atoms with Crippen LogP contribution < -0.4 is 10.0 Å². The molecule has 1 saturated heterocycles. The van der Waals surface area contributed by atoms with Crippen LogP contribution in [0, 0.1) is 5.92 Å². The Kier molecular flexibility index (Phi) is 8.78. The van der Waals surface area contributed by atoms with Crippen LogP contribution in [0.25, 0.3) is 0 Å². The molecule has 0 amide bonds. The van der Waals surface area contributed by atoms with Gasteiger partial charge in [0.05, 0.1) is 0 Å². The maximum absolute atomic E-state index is 12.3. The van der Waals surface area contributed by atoms with Crippen molar-refractivity contribution >= 4 is 10.2 Å². The predicted octanol–water partition coefficient (Wildman–Crippen LogP) is 2.11. The lowest BCUT2D eigenvalue weighted by atomic mass is 9.98. The minimum Gasteiger partial charge on any atom is -0.319 e. The van der Waals surface area contributed by atoms with Crippen molar-refractivity contribution < 1.29 is 8.42 Å². The summed E-state index contributed by atoms with van der Waals surface area (Å²) in [4.78, 5) is 0. The van der Waals surface area contributed by atoms with Gasteiger partial charge in [-0.2, -0.15) is 17.4 Å². The fourth-order valence-electron chi connectivity index (χ4n) is 2.91. The van der Waals surface area contributed by atoms with Crippen LogP contribution in [-0.2, 0) is 10.2 Å². The molecule has 2 N–H and O–H groups in total. The first kappa shape index (κ1) is 18.9. The lowest BCUT2D eigenvalue weighted by molar-refractivity contribution is 0.267. The van der Waals surface area contributed by atoms with Gasteiger partial charge in [-0.1, -0.05) is 32.6 Å². The molecule has 1 aliphatic heterocycles. The van der Waals surface area contributed by atoms with Crippen molar-refractivity contribution in [3.05, 3.63) is 0 Å². The average molecular weight is 320 g/mol. The number of rotatable bonds is 10. The van der Waals surface area contributed by atoms with Gasteiger partial charge in [0.2, 0.25) is 0 Å². The first-order valence-electron chi connectivity index (χ1n) is 8.41. The third-order valence-electron chi connectivity index (χ3n) is 4.25. The maximum atomic E-state index is 12.3. The standard InChI is InChI=1S/C15H33N3O2S/c1-4-5-6-7-8-14(2)17-21(19,20)18-11-9-15(10-12-18)13-16-3/h14-17H,4-13H2,1-3H3. The fraction of sp³-hybridized carbons (Fsp3) is 1.00. The van der Waals surface area contributed by atoms with Crippen LogP contribution >= 0.6 is 0 Å². The van der Waals surface area contributed by atoms with Crippen LogP contribution in [0.5, 0.6) is 0 Å². The van der Waals surface area contributed by atoms with Crippen LogP contribution in [0.4, 0.5) is 0 Å². The lowest BCUT2D eigenvalue weighted by Crippen LogP contribution is -2.48. The molecule has 0 aromatic heterocycles. The normalized spacial score (nSPS) is 19.8. The Hall–Kier alpha value is -0.170.